The van der Waals surface area contributed by atoms with Crippen LogP contribution in [-0.4, -0.2) is 12.3 Å². The van der Waals surface area contributed by atoms with Crippen molar-refractivity contribution in [1.29, 1.82) is 0 Å². The summed E-state index contributed by atoms with van der Waals surface area (Å²) < 4.78 is 0. The molecule has 0 aliphatic heterocycles. The van der Waals surface area contributed by atoms with Crippen molar-refractivity contribution >= 4 is 12.9 Å². The molecule has 0 fully saturated rings. The lowest BCUT2D eigenvalue weighted by Gasteiger charge is -2.17. The monoisotopic (exact) mass is 299 g/mol. The lowest BCUT2D eigenvalue weighted by molar-refractivity contribution is 0.865. The van der Waals surface area contributed by atoms with Gasteiger partial charge in [-0.2, -0.15) is 0 Å². The fraction of sp³-hybridized carbons (Fsp3) is 0.190. The second kappa shape index (κ2) is 7.28. The smallest absolute Gasteiger partial charge is 0.195 e. The van der Waals surface area contributed by atoms with Gasteiger partial charge in [0.15, 0.2) is 7.28 Å². The number of benzene rings is 2. The molecule has 1 nitrogen and oxygen atoms in total. The van der Waals surface area contributed by atoms with Crippen LogP contribution in [0.3, 0.4) is 0 Å². The van der Waals surface area contributed by atoms with Crippen molar-refractivity contribution in [1.82, 2.24) is 4.98 Å². The Morgan fingerprint density at radius 2 is 1.30 bits per heavy atom. The minimum absolute atomic E-state index is 0.340. The van der Waals surface area contributed by atoms with Gasteiger partial charge in [0.05, 0.1) is 0 Å². The maximum absolute atomic E-state index is 4.61. The number of hydrogen-bond donors (Lipinski definition) is 0. The summed E-state index contributed by atoms with van der Waals surface area (Å²) >= 11 is 0. The van der Waals surface area contributed by atoms with E-state index in [-0.39, 0.29) is 0 Å². The highest BCUT2D eigenvalue weighted by Crippen LogP contribution is 2.23. The van der Waals surface area contributed by atoms with Crippen molar-refractivity contribution in [2.45, 2.75) is 25.6 Å². The van der Waals surface area contributed by atoms with E-state index in [4.69, 9.17) is 0 Å². The quantitative estimate of drug-likeness (QED) is 0.648. The van der Waals surface area contributed by atoms with Gasteiger partial charge in [-0.05, 0) is 40.6 Å². The maximum Gasteiger partial charge on any atom is 0.195 e. The van der Waals surface area contributed by atoms with Gasteiger partial charge in [-0.1, -0.05) is 74.5 Å². The molecule has 0 unspecified atom stereocenters. The molecule has 0 saturated carbocycles. The van der Waals surface area contributed by atoms with Crippen molar-refractivity contribution in [2.24, 2.45) is 0 Å². The van der Waals surface area contributed by atoms with Gasteiger partial charge >= 0.3 is 0 Å². The van der Waals surface area contributed by atoms with E-state index in [9.17, 15) is 0 Å². The minimum Gasteiger partial charge on any atom is -0.272 e. The van der Waals surface area contributed by atoms with Crippen LogP contribution in [0.4, 0.5) is 0 Å². The summed E-state index contributed by atoms with van der Waals surface area (Å²) in [5.41, 5.74) is 5.20. The largest absolute Gasteiger partial charge is 0.272 e. The molecule has 3 aromatic rings. The third-order valence-corrected chi connectivity index (χ3v) is 4.32. The van der Waals surface area contributed by atoms with Crippen LogP contribution in [0.15, 0.2) is 79.0 Å². The average molecular weight is 299 g/mol. The van der Waals surface area contributed by atoms with Gasteiger partial charge in [-0.3, -0.25) is 4.98 Å². The van der Waals surface area contributed by atoms with E-state index in [2.05, 4.69) is 91.6 Å². The second-order valence-corrected chi connectivity index (χ2v) is 6.31. The average Bonchev–Trinajstić information content (AvgIpc) is 2.61. The van der Waals surface area contributed by atoms with E-state index in [0.717, 1.165) is 12.9 Å². The van der Waals surface area contributed by atoms with Crippen LogP contribution in [0.5, 0.6) is 0 Å². The molecule has 2 heteroatoms. The zero-order chi connectivity index (χ0) is 16.1. The lowest BCUT2D eigenvalue weighted by atomic mass is 9.56. The van der Waals surface area contributed by atoms with Crippen molar-refractivity contribution in [3.05, 3.63) is 95.7 Å². The van der Waals surface area contributed by atoms with Crippen LogP contribution in [0.25, 0.3) is 0 Å². The van der Waals surface area contributed by atoms with Gasteiger partial charge in [0.1, 0.15) is 0 Å². The van der Waals surface area contributed by atoms with Crippen molar-refractivity contribution in [3.8, 4) is 0 Å². The van der Waals surface area contributed by atoms with Gasteiger partial charge < -0.3 is 0 Å². The highest BCUT2D eigenvalue weighted by Gasteiger charge is 2.17. The Hall–Kier alpha value is -2.35. The van der Waals surface area contributed by atoms with E-state index in [1.165, 1.54) is 16.7 Å². The van der Waals surface area contributed by atoms with Crippen LogP contribution >= 0.6 is 0 Å². The predicted octanol–water partition coefficient (Wildman–Crippen LogP) is 4.06. The molecular formula is C21H22BN. The summed E-state index contributed by atoms with van der Waals surface area (Å²) in [7, 11) is 0.925. The zero-order valence-electron chi connectivity index (χ0n) is 13.8. The van der Waals surface area contributed by atoms with Crippen molar-refractivity contribution in [3.63, 3.8) is 0 Å². The number of aromatic nitrogens is 1. The highest BCUT2D eigenvalue weighted by molar-refractivity contribution is 6.54. The molecule has 0 bridgehead atoms. The Morgan fingerprint density at radius 3 is 1.83 bits per heavy atom. The van der Waals surface area contributed by atoms with Crippen LogP contribution < -0.4 is 5.59 Å². The number of hydrogen-bond acceptors (Lipinski definition) is 1. The third-order valence-electron chi connectivity index (χ3n) is 4.32. The van der Waals surface area contributed by atoms with Gasteiger partial charge in [0, 0.05) is 11.8 Å². The van der Waals surface area contributed by atoms with Crippen molar-refractivity contribution in [2.75, 3.05) is 0 Å². The number of nitrogens with zero attached hydrogens (tertiary/aromatic N) is 1. The van der Waals surface area contributed by atoms with Gasteiger partial charge in [-0.25, -0.2) is 0 Å². The molecule has 1 aromatic heterocycles. The Labute approximate surface area is 139 Å². The first-order valence-corrected chi connectivity index (χ1v) is 8.29. The fourth-order valence-corrected chi connectivity index (χ4v) is 2.98. The molecule has 0 radical (unpaired) electrons. The summed E-state index contributed by atoms with van der Waals surface area (Å²) in [4.78, 5) is 4.61. The van der Waals surface area contributed by atoms with E-state index in [0.29, 0.717) is 11.7 Å². The fourth-order valence-electron chi connectivity index (χ4n) is 2.98. The van der Waals surface area contributed by atoms with E-state index >= 15 is 0 Å². The highest BCUT2D eigenvalue weighted by atomic mass is 14.6. The molecule has 3 rings (SSSR count). The maximum atomic E-state index is 4.61. The molecule has 2 aromatic carbocycles. The standard InChI is InChI=1S/C21H22BN/c1-16(2)19-13-14-23-20(15-19)22-21(17-9-5-3-6-10-17)18-11-7-4-8-12-18/h3-16,21-22H,1-2H3. The summed E-state index contributed by atoms with van der Waals surface area (Å²) in [6.45, 7) is 4.45. The van der Waals surface area contributed by atoms with Crippen LogP contribution in [0, 0.1) is 0 Å². The summed E-state index contributed by atoms with van der Waals surface area (Å²) in [6.07, 6.45) is 1.94. The molecule has 1 heterocycles. The SMILES string of the molecule is CC(C)c1ccnc(BC(c2ccccc2)c2ccccc2)c1. The molecule has 0 amide bonds. The minimum atomic E-state index is 0.340. The molecular weight excluding hydrogens is 277 g/mol. The Balaban J connectivity index is 1.95. The number of pyridine rings is 1. The molecule has 0 saturated heterocycles. The molecule has 0 aliphatic rings. The molecule has 0 N–H and O–H groups in total. The van der Waals surface area contributed by atoms with Gasteiger partial charge in [0.25, 0.3) is 0 Å². The normalized spacial score (nSPS) is 11.0. The Kier molecular flexibility index (Phi) is 4.92. The first-order chi connectivity index (χ1) is 11.2. The topological polar surface area (TPSA) is 12.9 Å². The van der Waals surface area contributed by atoms with Crippen LogP contribution in [-0.2, 0) is 0 Å². The lowest BCUT2D eigenvalue weighted by Crippen LogP contribution is -2.26. The van der Waals surface area contributed by atoms with E-state index in [1.54, 1.807) is 0 Å². The first-order valence-electron chi connectivity index (χ1n) is 8.29. The van der Waals surface area contributed by atoms with E-state index < -0.39 is 0 Å². The van der Waals surface area contributed by atoms with E-state index in [1.807, 2.05) is 6.20 Å². The third kappa shape index (κ3) is 3.90. The summed E-state index contributed by atoms with van der Waals surface area (Å²) in [6, 6.07) is 25.8. The number of rotatable bonds is 5. The van der Waals surface area contributed by atoms with Gasteiger partial charge in [0.2, 0.25) is 0 Å². The predicted molar refractivity (Wildman–Crippen MR) is 99.8 cm³/mol. The van der Waals surface area contributed by atoms with Crippen LogP contribution in [0.2, 0.25) is 0 Å². The first kappa shape index (κ1) is 15.5. The molecule has 0 atom stereocenters. The summed E-state index contributed by atoms with van der Waals surface area (Å²) in [5.74, 6) is 0.871. The zero-order valence-corrected chi connectivity index (χ0v) is 13.8. The Morgan fingerprint density at radius 1 is 0.739 bits per heavy atom. The molecule has 0 aliphatic carbocycles. The summed E-state index contributed by atoms with van der Waals surface area (Å²) in [5, 5.41) is 0. The molecule has 114 valence electrons. The molecule has 0 spiro atoms. The second-order valence-electron chi connectivity index (χ2n) is 6.31. The Bertz CT molecular complexity index is 699. The van der Waals surface area contributed by atoms with Crippen molar-refractivity contribution < 1.29 is 0 Å². The van der Waals surface area contributed by atoms with Crippen LogP contribution in [0.1, 0.15) is 42.3 Å². The molecule has 23 heavy (non-hydrogen) atoms. The van der Waals surface area contributed by atoms with Gasteiger partial charge in [-0.15, -0.1) is 0 Å².